The Morgan fingerprint density at radius 1 is 0.957 bits per heavy atom. The van der Waals surface area contributed by atoms with E-state index in [4.69, 9.17) is 19.6 Å². The average molecular weight is 409 g/mol. The van der Waals surface area contributed by atoms with Crippen molar-refractivity contribution in [2.24, 2.45) is 0 Å². The molecule has 1 heterocycles. The molecule has 0 spiro atoms. The van der Waals surface area contributed by atoms with Crippen molar-refractivity contribution in [3.63, 3.8) is 0 Å². The van der Waals surface area contributed by atoms with Crippen LogP contribution < -0.4 is 88.7 Å². The Morgan fingerprint density at radius 3 is 1.78 bits per heavy atom. The van der Waals surface area contributed by atoms with Gasteiger partial charge in [-0.1, -0.05) is 0 Å². The van der Waals surface area contributed by atoms with Crippen LogP contribution in [0.25, 0.3) is 0 Å². The first-order valence-electron chi connectivity index (χ1n) is 5.00. The minimum absolute atomic E-state index is 0. The third-order valence-corrected chi connectivity index (χ3v) is 3.32. The van der Waals surface area contributed by atoms with Crippen LogP contribution in [-0.4, -0.2) is 72.2 Å². The van der Waals surface area contributed by atoms with Crippen LogP contribution in [0.2, 0.25) is 0 Å². The average Bonchev–Trinajstić information content (AvgIpc) is 2.48. The minimum Gasteiger partial charge on any atom is -0.387 e. The fraction of sp³-hybridized carbons (Fsp3) is 1.00. The second-order valence-corrected chi connectivity index (χ2v) is 6.47. The van der Waals surface area contributed by atoms with Gasteiger partial charge in [-0.2, -0.15) is 0 Å². The maximum Gasteiger partial charge on any atom is 1.00 e. The second-order valence-electron chi connectivity index (χ2n) is 3.99. The van der Waals surface area contributed by atoms with E-state index in [-0.39, 0.29) is 88.7 Å². The van der Waals surface area contributed by atoms with Crippen LogP contribution in [0.15, 0.2) is 0 Å². The van der Waals surface area contributed by atoms with Crippen molar-refractivity contribution >= 4 is 15.6 Å². The van der Waals surface area contributed by atoms with Crippen LogP contribution in [0.4, 0.5) is 0 Å². The van der Waals surface area contributed by atoms with Crippen LogP contribution in [-0.2, 0) is 22.9 Å². The Bertz CT molecular complexity index is 441. The molecule has 0 unspecified atom stereocenters. The van der Waals surface area contributed by atoms with E-state index in [1.54, 1.807) is 0 Å². The molecule has 4 atom stereocenters. The zero-order chi connectivity index (χ0) is 15.8. The summed E-state index contributed by atoms with van der Waals surface area (Å²) in [4.78, 5) is 33.9. The van der Waals surface area contributed by atoms with Gasteiger partial charge >= 0.3 is 104 Å². The van der Waals surface area contributed by atoms with Gasteiger partial charge in [-0.15, -0.1) is 0 Å². The second kappa shape index (κ2) is 11.8. The molecule has 17 heteroatoms. The van der Waals surface area contributed by atoms with Gasteiger partial charge in [0.25, 0.3) is 0 Å². The minimum atomic E-state index is -4.96. The summed E-state index contributed by atoms with van der Waals surface area (Å²) in [6.07, 6.45) is -5.38. The molecule has 1 rings (SSSR count). The van der Waals surface area contributed by atoms with E-state index >= 15 is 0 Å². The molecule has 0 aromatic carbocycles. The fourth-order valence-electron chi connectivity index (χ4n) is 1.47. The molecule has 0 saturated carbocycles. The molecule has 120 valence electrons. The first kappa shape index (κ1) is 30.8. The van der Waals surface area contributed by atoms with Crippen LogP contribution >= 0.6 is 15.6 Å². The standard InChI is InChI=1S/C6H14O12P2.3Na/c7-4-3(1-16-19(10,11)12)18-6(9,5(4)8)2-17-20(13,14)15;;;/h3-5,7-9H,1-2H2,(H2,10,11,12)(H2,13,14,15);;;/q;3*+1/t3-,4-,5+,6-;;;/m1.../s1. The first-order valence-corrected chi connectivity index (χ1v) is 8.07. The number of rotatable bonds is 6. The maximum atomic E-state index is 10.5. The molecule has 1 aliphatic heterocycles. The molecule has 1 saturated heterocycles. The summed E-state index contributed by atoms with van der Waals surface area (Å²) in [5, 5.41) is 28.8. The Kier molecular flexibility index (Phi) is 15.8. The number of phosphoric acid groups is 2. The van der Waals surface area contributed by atoms with Crippen molar-refractivity contribution in [3.8, 4) is 0 Å². The summed E-state index contributed by atoms with van der Waals surface area (Å²) in [5.74, 6) is -2.66. The molecule has 12 nitrogen and oxygen atoms in total. The monoisotopic (exact) mass is 409 g/mol. The number of aliphatic hydroxyl groups excluding tert-OH is 2. The third kappa shape index (κ3) is 10.8. The fourth-order valence-corrected chi connectivity index (χ4v) is 2.17. The Hall–Kier alpha value is 3.06. The molecular formula is C6H14Na3O12P2+3. The van der Waals surface area contributed by atoms with E-state index < -0.39 is 53.0 Å². The number of hydrogen-bond acceptors (Lipinski definition) is 8. The number of aliphatic hydroxyl groups is 3. The quantitative estimate of drug-likeness (QED) is 0.161. The Balaban J connectivity index is -0.00000133. The maximum absolute atomic E-state index is 10.5. The van der Waals surface area contributed by atoms with Crippen LogP contribution in [0.5, 0.6) is 0 Å². The van der Waals surface area contributed by atoms with Crippen LogP contribution in [0, 0.1) is 0 Å². The van der Waals surface area contributed by atoms with Gasteiger partial charge in [0.15, 0.2) is 0 Å². The van der Waals surface area contributed by atoms with Gasteiger partial charge in [0.1, 0.15) is 24.9 Å². The number of phosphoric ester groups is 2. The van der Waals surface area contributed by atoms with Gasteiger partial charge in [0, 0.05) is 0 Å². The van der Waals surface area contributed by atoms with Gasteiger partial charge < -0.3 is 39.6 Å². The molecule has 0 bridgehead atoms. The van der Waals surface area contributed by atoms with Gasteiger partial charge in [-0.25, -0.2) is 9.13 Å². The van der Waals surface area contributed by atoms with Crippen molar-refractivity contribution in [1.82, 2.24) is 0 Å². The summed E-state index contributed by atoms with van der Waals surface area (Å²) < 4.78 is 33.6. The van der Waals surface area contributed by atoms with Crippen molar-refractivity contribution in [2.45, 2.75) is 24.1 Å². The smallest absolute Gasteiger partial charge is 0.387 e. The molecule has 7 N–H and O–H groups in total. The van der Waals surface area contributed by atoms with E-state index in [2.05, 4.69) is 13.8 Å². The molecule has 0 radical (unpaired) electrons. The van der Waals surface area contributed by atoms with Gasteiger partial charge in [0.2, 0.25) is 5.79 Å². The third-order valence-electron chi connectivity index (χ3n) is 2.37. The molecule has 1 aliphatic rings. The summed E-state index contributed by atoms with van der Waals surface area (Å²) in [5.41, 5.74) is 0. The van der Waals surface area contributed by atoms with Crippen molar-refractivity contribution in [3.05, 3.63) is 0 Å². The molecule has 1 fully saturated rings. The number of ether oxygens (including phenoxy) is 1. The van der Waals surface area contributed by atoms with Crippen molar-refractivity contribution < 1.29 is 146 Å². The van der Waals surface area contributed by atoms with Crippen molar-refractivity contribution in [1.29, 1.82) is 0 Å². The molecule has 0 amide bonds. The predicted molar refractivity (Wildman–Crippen MR) is 57.8 cm³/mol. The molecule has 0 aromatic heterocycles. The van der Waals surface area contributed by atoms with E-state index in [1.165, 1.54) is 0 Å². The number of hydrogen-bond donors (Lipinski definition) is 7. The van der Waals surface area contributed by atoms with E-state index in [9.17, 15) is 24.4 Å². The van der Waals surface area contributed by atoms with Gasteiger partial charge in [-0.05, 0) is 0 Å². The summed E-state index contributed by atoms with van der Waals surface area (Å²) in [6.45, 7) is -2.05. The van der Waals surface area contributed by atoms with Crippen LogP contribution in [0.1, 0.15) is 0 Å². The topological polar surface area (TPSA) is 203 Å². The zero-order valence-electron chi connectivity index (χ0n) is 12.7. The molecular weight excluding hydrogens is 395 g/mol. The van der Waals surface area contributed by atoms with Gasteiger partial charge in [0.05, 0.1) is 6.61 Å². The summed E-state index contributed by atoms with van der Waals surface area (Å²) in [7, 11) is -9.82. The largest absolute Gasteiger partial charge is 1.00 e. The Labute approximate surface area is 197 Å². The normalized spacial score (nSPS) is 30.8. The Morgan fingerprint density at radius 2 is 1.39 bits per heavy atom. The van der Waals surface area contributed by atoms with E-state index in [1.807, 2.05) is 0 Å². The first-order chi connectivity index (χ1) is 8.84. The molecule has 23 heavy (non-hydrogen) atoms. The zero-order valence-corrected chi connectivity index (χ0v) is 20.5. The predicted octanol–water partition coefficient (Wildman–Crippen LogP) is -12.0. The molecule has 0 aliphatic carbocycles. The molecule has 0 aromatic rings. The van der Waals surface area contributed by atoms with Gasteiger partial charge in [-0.3, -0.25) is 9.05 Å². The van der Waals surface area contributed by atoms with Crippen LogP contribution in [0.3, 0.4) is 0 Å². The SMILES string of the molecule is O=P(O)(O)OC[C@H]1O[C@](O)(COP(=O)(O)O)[C@@H](O)[C@@H]1O.[Na+].[Na+].[Na+]. The summed E-state index contributed by atoms with van der Waals surface area (Å²) >= 11 is 0. The summed E-state index contributed by atoms with van der Waals surface area (Å²) in [6, 6.07) is 0. The van der Waals surface area contributed by atoms with E-state index in [0.29, 0.717) is 0 Å². The van der Waals surface area contributed by atoms with Crippen molar-refractivity contribution in [2.75, 3.05) is 13.2 Å². The van der Waals surface area contributed by atoms with E-state index in [0.717, 1.165) is 0 Å².